The second-order valence-electron chi connectivity index (χ2n) is 4.29. The molecular formula is C11H20N2O4. The molecule has 1 aliphatic rings. The summed E-state index contributed by atoms with van der Waals surface area (Å²) in [5.41, 5.74) is 0. The molecule has 0 aliphatic heterocycles. The number of hydrogen-bond donors (Lipinski definition) is 3. The lowest BCUT2D eigenvalue weighted by atomic mass is 10.1. The van der Waals surface area contributed by atoms with E-state index in [-0.39, 0.29) is 18.0 Å². The van der Waals surface area contributed by atoms with Crippen molar-refractivity contribution in [2.75, 3.05) is 20.3 Å². The predicted octanol–water partition coefficient (Wildman–Crippen LogP) is 0.575. The third kappa shape index (κ3) is 5.04. The standard InChI is InChI=1S/C11H20N2O4/c1-17-6-2-5-12-11(16)13-9-4-3-8(7-9)10(14)15/h8-9H,2-7H2,1H3,(H,14,15)(H2,12,13,16). The van der Waals surface area contributed by atoms with Gasteiger partial charge < -0.3 is 20.5 Å². The number of rotatable bonds is 6. The maximum absolute atomic E-state index is 11.4. The van der Waals surface area contributed by atoms with E-state index >= 15 is 0 Å². The van der Waals surface area contributed by atoms with Gasteiger partial charge in [0.15, 0.2) is 0 Å². The van der Waals surface area contributed by atoms with Gasteiger partial charge in [-0.1, -0.05) is 0 Å². The van der Waals surface area contributed by atoms with Crippen LogP contribution in [-0.4, -0.2) is 43.4 Å². The van der Waals surface area contributed by atoms with Crippen LogP contribution in [0.2, 0.25) is 0 Å². The molecule has 1 saturated carbocycles. The van der Waals surface area contributed by atoms with Crippen molar-refractivity contribution in [2.45, 2.75) is 31.7 Å². The smallest absolute Gasteiger partial charge is 0.315 e. The van der Waals surface area contributed by atoms with Crippen molar-refractivity contribution in [3.8, 4) is 0 Å². The van der Waals surface area contributed by atoms with E-state index in [4.69, 9.17) is 9.84 Å². The quantitative estimate of drug-likeness (QED) is 0.596. The first kappa shape index (κ1) is 13.8. The molecule has 1 aliphatic carbocycles. The molecule has 0 heterocycles. The molecule has 0 bridgehead atoms. The summed E-state index contributed by atoms with van der Waals surface area (Å²) in [4.78, 5) is 22.2. The van der Waals surface area contributed by atoms with E-state index in [2.05, 4.69) is 10.6 Å². The summed E-state index contributed by atoms with van der Waals surface area (Å²) in [7, 11) is 1.62. The summed E-state index contributed by atoms with van der Waals surface area (Å²) in [5.74, 6) is -1.08. The SMILES string of the molecule is COCCCNC(=O)NC1CCC(C(=O)O)C1. The van der Waals surface area contributed by atoms with Gasteiger partial charge in [0, 0.05) is 26.3 Å². The summed E-state index contributed by atoms with van der Waals surface area (Å²) in [6, 6.07) is -0.240. The first-order valence-corrected chi connectivity index (χ1v) is 5.89. The number of carbonyl (C=O) groups excluding carboxylic acids is 1. The van der Waals surface area contributed by atoms with E-state index in [1.165, 1.54) is 0 Å². The summed E-state index contributed by atoms with van der Waals surface area (Å²) < 4.78 is 4.86. The molecular weight excluding hydrogens is 224 g/mol. The van der Waals surface area contributed by atoms with Crippen LogP contribution in [0.5, 0.6) is 0 Å². The van der Waals surface area contributed by atoms with Gasteiger partial charge in [-0.15, -0.1) is 0 Å². The van der Waals surface area contributed by atoms with Gasteiger partial charge in [0.1, 0.15) is 0 Å². The Balaban J connectivity index is 2.13. The van der Waals surface area contributed by atoms with Crippen molar-refractivity contribution in [1.29, 1.82) is 0 Å². The van der Waals surface area contributed by atoms with Crippen LogP contribution in [0.3, 0.4) is 0 Å². The van der Waals surface area contributed by atoms with Gasteiger partial charge in [0.05, 0.1) is 5.92 Å². The number of urea groups is 1. The Morgan fingerprint density at radius 2 is 2.18 bits per heavy atom. The zero-order chi connectivity index (χ0) is 12.7. The molecule has 6 nitrogen and oxygen atoms in total. The number of ether oxygens (including phenoxy) is 1. The highest BCUT2D eigenvalue weighted by Crippen LogP contribution is 2.25. The van der Waals surface area contributed by atoms with E-state index in [9.17, 15) is 9.59 Å². The highest BCUT2D eigenvalue weighted by atomic mass is 16.5. The van der Waals surface area contributed by atoms with Crippen LogP contribution in [0.4, 0.5) is 4.79 Å². The van der Waals surface area contributed by atoms with Crippen LogP contribution in [0.1, 0.15) is 25.7 Å². The molecule has 0 spiro atoms. The lowest BCUT2D eigenvalue weighted by Gasteiger charge is -2.13. The molecule has 0 radical (unpaired) electrons. The molecule has 0 aromatic carbocycles. The maximum Gasteiger partial charge on any atom is 0.315 e. The van der Waals surface area contributed by atoms with Crippen molar-refractivity contribution in [3.05, 3.63) is 0 Å². The van der Waals surface area contributed by atoms with E-state index in [0.717, 1.165) is 12.8 Å². The highest BCUT2D eigenvalue weighted by molar-refractivity contribution is 5.75. The van der Waals surface area contributed by atoms with Crippen molar-refractivity contribution in [2.24, 2.45) is 5.92 Å². The highest BCUT2D eigenvalue weighted by Gasteiger charge is 2.30. The van der Waals surface area contributed by atoms with Crippen LogP contribution in [0.25, 0.3) is 0 Å². The predicted molar refractivity (Wildman–Crippen MR) is 61.8 cm³/mol. The van der Waals surface area contributed by atoms with Crippen LogP contribution < -0.4 is 10.6 Å². The number of nitrogens with one attached hydrogen (secondary N) is 2. The Morgan fingerprint density at radius 3 is 2.76 bits per heavy atom. The van der Waals surface area contributed by atoms with Crippen molar-refractivity contribution in [3.63, 3.8) is 0 Å². The van der Waals surface area contributed by atoms with Gasteiger partial charge in [-0.05, 0) is 25.7 Å². The molecule has 98 valence electrons. The molecule has 1 fully saturated rings. The Hall–Kier alpha value is -1.30. The number of carboxylic acids is 1. The first-order chi connectivity index (χ1) is 8.13. The zero-order valence-electron chi connectivity index (χ0n) is 10.1. The summed E-state index contributed by atoms with van der Waals surface area (Å²) >= 11 is 0. The number of methoxy groups -OCH3 is 1. The fourth-order valence-electron chi connectivity index (χ4n) is 1.99. The van der Waals surface area contributed by atoms with Gasteiger partial charge in [-0.25, -0.2) is 4.79 Å². The Morgan fingerprint density at radius 1 is 1.41 bits per heavy atom. The summed E-state index contributed by atoms with van der Waals surface area (Å²) in [6.45, 7) is 1.18. The molecule has 2 unspecified atom stereocenters. The van der Waals surface area contributed by atoms with Crippen LogP contribution in [-0.2, 0) is 9.53 Å². The minimum Gasteiger partial charge on any atom is -0.481 e. The number of hydrogen-bond acceptors (Lipinski definition) is 3. The third-order valence-corrected chi connectivity index (χ3v) is 2.93. The topological polar surface area (TPSA) is 87.7 Å². The maximum atomic E-state index is 11.4. The van der Waals surface area contributed by atoms with Crippen molar-refractivity contribution >= 4 is 12.0 Å². The van der Waals surface area contributed by atoms with Gasteiger partial charge >= 0.3 is 12.0 Å². The monoisotopic (exact) mass is 244 g/mol. The van der Waals surface area contributed by atoms with Crippen molar-refractivity contribution in [1.82, 2.24) is 10.6 Å². The molecule has 6 heteroatoms. The molecule has 3 N–H and O–H groups in total. The van der Waals surface area contributed by atoms with E-state index < -0.39 is 5.97 Å². The Labute approximate surface area is 101 Å². The van der Waals surface area contributed by atoms with E-state index in [1.54, 1.807) is 7.11 Å². The van der Waals surface area contributed by atoms with E-state index in [0.29, 0.717) is 26.0 Å². The number of carbonyl (C=O) groups is 2. The van der Waals surface area contributed by atoms with Gasteiger partial charge in [-0.2, -0.15) is 0 Å². The fourth-order valence-corrected chi connectivity index (χ4v) is 1.99. The second kappa shape index (κ2) is 7.11. The fraction of sp³-hybridized carbons (Fsp3) is 0.818. The van der Waals surface area contributed by atoms with Crippen LogP contribution >= 0.6 is 0 Å². The van der Waals surface area contributed by atoms with Crippen LogP contribution in [0.15, 0.2) is 0 Å². The number of aliphatic carboxylic acids is 1. The second-order valence-corrected chi connectivity index (χ2v) is 4.29. The lowest BCUT2D eigenvalue weighted by molar-refractivity contribution is -0.141. The molecule has 0 saturated heterocycles. The Kier molecular flexibility index (Phi) is 5.76. The summed E-state index contributed by atoms with van der Waals surface area (Å²) in [6.07, 6.45) is 2.68. The molecule has 2 atom stereocenters. The zero-order valence-corrected chi connectivity index (χ0v) is 10.1. The van der Waals surface area contributed by atoms with Gasteiger partial charge in [0.2, 0.25) is 0 Å². The average Bonchev–Trinajstić information content (AvgIpc) is 2.73. The minimum atomic E-state index is -0.769. The molecule has 0 aromatic heterocycles. The average molecular weight is 244 g/mol. The molecule has 17 heavy (non-hydrogen) atoms. The van der Waals surface area contributed by atoms with Crippen LogP contribution in [0, 0.1) is 5.92 Å². The number of carboxylic acid groups (broad SMARTS) is 1. The Bertz CT molecular complexity index is 270. The van der Waals surface area contributed by atoms with E-state index in [1.807, 2.05) is 0 Å². The molecule has 2 amide bonds. The first-order valence-electron chi connectivity index (χ1n) is 5.89. The van der Waals surface area contributed by atoms with Gasteiger partial charge in [-0.3, -0.25) is 4.79 Å². The third-order valence-electron chi connectivity index (χ3n) is 2.93. The number of amides is 2. The lowest BCUT2D eigenvalue weighted by Crippen LogP contribution is -2.41. The van der Waals surface area contributed by atoms with Gasteiger partial charge in [0.25, 0.3) is 0 Å². The van der Waals surface area contributed by atoms with Crippen molar-refractivity contribution < 1.29 is 19.4 Å². The minimum absolute atomic E-state index is 0.0153. The summed E-state index contributed by atoms with van der Waals surface area (Å²) in [5, 5.41) is 14.3. The molecule has 0 aromatic rings. The molecule has 1 rings (SSSR count). The largest absolute Gasteiger partial charge is 0.481 e. The normalized spacial score (nSPS) is 23.4.